The molecular weight excluding hydrogens is 361 g/mol. The van der Waals surface area contributed by atoms with Crippen LogP contribution in [0.4, 0.5) is 5.69 Å². The first kappa shape index (κ1) is 17.2. The molecule has 0 spiro atoms. The molecule has 0 aromatic heterocycles. The van der Waals surface area contributed by atoms with Gasteiger partial charge in [0.05, 0.1) is 16.6 Å². The second-order valence-corrected chi connectivity index (χ2v) is 8.58. The molecule has 4 fully saturated rings. The van der Waals surface area contributed by atoms with Gasteiger partial charge < -0.3 is 10.1 Å². The maximum atomic E-state index is 12.6. The van der Waals surface area contributed by atoms with Gasteiger partial charge in [-0.2, -0.15) is 0 Å². The van der Waals surface area contributed by atoms with Crippen LogP contribution in [0.5, 0.6) is 0 Å². The van der Waals surface area contributed by atoms with Crippen LogP contribution in [0.1, 0.15) is 32.1 Å². The Kier molecular flexibility index (Phi) is 4.67. The van der Waals surface area contributed by atoms with E-state index in [-0.39, 0.29) is 18.5 Å². The molecule has 4 saturated carbocycles. The molecule has 4 bridgehead atoms. The van der Waals surface area contributed by atoms with Crippen molar-refractivity contribution in [3.63, 3.8) is 0 Å². The number of anilines is 1. The molecule has 134 valence electrons. The summed E-state index contributed by atoms with van der Waals surface area (Å²) in [6, 6.07) is 4.83. The highest BCUT2D eigenvalue weighted by atomic mass is 35.5. The number of rotatable bonds is 4. The molecule has 4 aliphatic carbocycles. The van der Waals surface area contributed by atoms with Crippen molar-refractivity contribution >= 4 is 40.8 Å². The maximum absolute atomic E-state index is 12.6. The molecule has 6 heteroatoms. The lowest BCUT2D eigenvalue weighted by Crippen LogP contribution is -2.48. The highest BCUT2D eigenvalue weighted by Gasteiger charge is 2.51. The van der Waals surface area contributed by atoms with Gasteiger partial charge in [0.25, 0.3) is 5.91 Å². The number of nitrogens with one attached hydrogen (secondary N) is 1. The molecule has 0 heterocycles. The van der Waals surface area contributed by atoms with Crippen LogP contribution in [0.15, 0.2) is 18.2 Å². The van der Waals surface area contributed by atoms with E-state index in [1.807, 2.05) is 0 Å². The third-order valence-electron chi connectivity index (χ3n) is 6.05. The Morgan fingerprint density at radius 1 is 1.04 bits per heavy atom. The molecule has 4 nitrogen and oxygen atoms in total. The smallest absolute Gasteiger partial charge is 0.310 e. The van der Waals surface area contributed by atoms with Gasteiger partial charge in [-0.15, -0.1) is 0 Å². The van der Waals surface area contributed by atoms with Crippen LogP contribution in [0.3, 0.4) is 0 Å². The first-order valence-corrected chi connectivity index (χ1v) is 9.66. The largest absolute Gasteiger partial charge is 0.455 e. The zero-order chi connectivity index (χ0) is 17.6. The summed E-state index contributed by atoms with van der Waals surface area (Å²) in [4.78, 5) is 24.6. The summed E-state index contributed by atoms with van der Waals surface area (Å²) in [6.07, 6.45) is 5.94. The standard InChI is InChI=1S/C19H21Cl2NO3/c20-14-1-2-15(21)16(8-14)22-17(23)9-25-19(24)18-12-4-10-3-11(6-12)7-13(18)5-10/h1-2,8,10-13,18H,3-7,9H2,(H,22,23). The van der Waals surface area contributed by atoms with Gasteiger partial charge in [-0.3, -0.25) is 9.59 Å². The average Bonchev–Trinajstić information content (AvgIpc) is 2.55. The van der Waals surface area contributed by atoms with Gasteiger partial charge in [-0.25, -0.2) is 0 Å². The monoisotopic (exact) mass is 381 g/mol. The van der Waals surface area contributed by atoms with Gasteiger partial charge in [0, 0.05) is 5.02 Å². The highest BCUT2D eigenvalue weighted by molar-refractivity contribution is 6.35. The molecular formula is C19H21Cl2NO3. The number of hydrogen-bond acceptors (Lipinski definition) is 3. The minimum Gasteiger partial charge on any atom is -0.455 e. The Hall–Kier alpha value is -1.26. The number of carbonyl (C=O) groups is 2. The zero-order valence-corrected chi connectivity index (χ0v) is 15.4. The van der Waals surface area contributed by atoms with E-state index in [0.29, 0.717) is 27.6 Å². The highest BCUT2D eigenvalue weighted by Crippen LogP contribution is 2.56. The molecule has 0 unspecified atom stereocenters. The van der Waals surface area contributed by atoms with Crippen molar-refractivity contribution in [1.29, 1.82) is 0 Å². The van der Waals surface area contributed by atoms with Crippen molar-refractivity contribution in [2.45, 2.75) is 32.1 Å². The van der Waals surface area contributed by atoms with Crippen LogP contribution < -0.4 is 5.32 Å². The van der Waals surface area contributed by atoms with Crippen molar-refractivity contribution < 1.29 is 14.3 Å². The van der Waals surface area contributed by atoms with Gasteiger partial charge in [0.15, 0.2) is 6.61 Å². The van der Waals surface area contributed by atoms with E-state index in [9.17, 15) is 9.59 Å². The molecule has 1 aromatic carbocycles. The van der Waals surface area contributed by atoms with Crippen molar-refractivity contribution in [2.75, 3.05) is 11.9 Å². The van der Waals surface area contributed by atoms with Crippen molar-refractivity contribution in [3.05, 3.63) is 28.2 Å². The SMILES string of the molecule is O=C(COC(=O)C1C2CC3CC(C2)CC1C3)Nc1cc(Cl)ccc1Cl. The van der Waals surface area contributed by atoms with E-state index >= 15 is 0 Å². The summed E-state index contributed by atoms with van der Waals surface area (Å²) in [5.74, 6) is 1.89. The molecule has 1 N–H and O–H groups in total. The number of carbonyl (C=O) groups excluding carboxylic acids is 2. The summed E-state index contributed by atoms with van der Waals surface area (Å²) < 4.78 is 5.35. The molecule has 25 heavy (non-hydrogen) atoms. The topological polar surface area (TPSA) is 55.4 Å². The fourth-order valence-corrected chi connectivity index (χ4v) is 5.66. The fourth-order valence-electron chi connectivity index (χ4n) is 5.32. The summed E-state index contributed by atoms with van der Waals surface area (Å²) in [7, 11) is 0. The number of hydrogen-bond donors (Lipinski definition) is 1. The Balaban J connectivity index is 1.33. The zero-order valence-electron chi connectivity index (χ0n) is 13.8. The summed E-state index contributed by atoms with van der Waals surface area (Å²) in [6.45, 7) is -0.287. The molecule has 5 rings (SSSR count). The van der Waals surface area contributed by atoms with E-state index in [4.69, 9.17) is 27.9 Å². The number of halogens is 2. The quantitative estimate of drug-likeness (QED) is 0.778. The van der Waals surface area contributed by atoms with Crippen molar-refractivity contribution in [1.82, 2.24) is 0 Å². The lowest BCUT2D eigenvalue weighted by molar-refractivity contribution is -0.164. The van der Waals surface area contributed by atoms with E-state index < -0.39 is 5.91 Å². The predicted octanol–water partition coefficient (Wildman–Crippen LogP) is 4.55. The van der Waals surface area contributed by atoms with Crippen molar-refractivity contribution in [2.24, 2.45) is 29.6 Å². The number of amides is 1. The van der Waals surface area contributed by atoms with Gasteiger partial charge >= 0.3 is 5.97 Å². The fraction of sp³-hybridized carbons (Fsp3) is 0.579. The Bertz CT molecular complexity index is 678. The number of ether oxygens (including phenoxy) is 1. The molecule has 0 aliphatic heterocycles. The minimum absolute atomic E-state index is 0.0182. The van der Waals surface area contributed by atoms with E-state index in [1.165, 1.54) is 6.42 Å². The summed E-state index contributed by atoms with van der Waals surface area (Å²) >= 11 is 11.9. The van der Waals surface area contributed by atoms with Crippen LogP contribution in [0, 0.1) is 29.6 Å². The maximum Gasteiger partial charge on any atom is 0.310 e. The van der Waals surface area contributed by atoms with Crippen LogP contribution in [-0.4, -0.2) is 18.5 Å². The van der Waals surface area contributed by atoms with Crippen LogP contribution >= 0.6 is 23.2 Å². The number of esters is 1. The third kappa shape index (κ3) is 3.52. The van der Waals surface area contributed by atoms with E-state index in [0.717, 1.165) is 37.5 Å². The van der Waals surface area contributed by atoms with Gasteiger partial charge in [-0.05, 0) is 74.0 Å². The lowest BCUT2D eigenvalue weighted by atomic mass is 9.52. The lowest BCUT2D eigenvalue weighted by Gasteiger charge is -2.53. The Labute approximate surface area is 157 Å². The molecule has 1 aromatic rings. The van der Waals surface area contributed by atoms with E-state index in [2.05, 4.69) is 5.32 Å². The van der Waals surface area contributed by atoms with Gasteiger partial charge in [-0.1, -0.05) is 23.2 Å². The third-order valence-corrected chi connectivity index (χ3v) is 6.61. The van der Waals surface area contributed by atoms with Crippen molar-refractivity contribution in [3.8, 4) is 0 Å². The average molecular weight is 382 g/mol. The van der Waals surface area contributed by atoms with E-state index in [1.54, 1.807) is 18.2 Å². The molecule has 4 aliphatic rings. The summed E-state index contributed by atoms with van der Waals surface area (Å²) in [5.41, 5.74) is 0.421. The van der Waals surface area contributed by atoms with Gasteiger partial charge in [0.2, 0.25) is 0 Å². The van der Waals surface area contributed by atoms with Gasteiger partial charge in [0.1, 0.15) is 0 Å². The molecule has 0 atom stereocenters. The first-order valence-electron chi connectivity index (χ1n) is 8.91. The second-order valence-electron chi connectivity index (χ2n) is 7.74. The first-order chi connectivity index (χ1) is 12.0. The molecule has 0 saturated heterocycles. The predicted molar refractivity (Wildman–Crippen MR) is 96.6 cm³/mol. The Morgan fingerprint density at radius 2 is 1.68 bits per heavy atom. The minimum atomic E-state index is -0.402. The normalized spacial score (nSPS) is 32.5. The molecule has 0 radical (unpaired) electrons. The van der Waals surface area contributed by atoms with Crippen LogP contribution in [0.2, 0.25) is 10.0 Å². The van der Waals surface area contributed by atoms with Crippen LogP contribution in [-0.2, 0) is 14.3 Å². The Morgan fingerprint density at radius 3 is 2.32 bits per heavy atom. The van der Waals surface area contributed by atoms with Crippen LogP contribution in [0.25, 0.3) is 0 Å². The number of benzene rings is 1. The molecule has 1 amide bonds. The summed E-state index contributed by atoms with van der Waals surface area (Å²) in [5, 5.41) is 3.51. The second kappa shape index (κ2) is 6.81.